The fourth-order valence-corrected chi connectivity index (χ4v) is 3.67. The van der Waals surface area contributed by atoms with Crippen molar-refractivity contribution >= 4 is 11.7 Å². The number of amides is 1. The van der Waals surface area contributed by atoms with E-state index in [4.69, 9.17) is 5.73 Å². The van der Waals surface area contributed by atoms with Crippen LogP contribution in [0.2, 0.25) is 0 Å². The lowest BCUT2D eigenvalue weighted by Gasteiger charge is -2.20. The maximum Gasteiger partial charge on any atom is 0.433 e. The van der Waals surface area contributed by atoms with E-state index in [1.807, 2.05) is 11.9 Å². The average molecular weight is 456 g/mol. The number of anilines is 1. The van der Waals surface area contributed by atoms with Crippen molar-refractivity contribution in [3.05, 3.63) is 60.0 Å². The number of alkyl halides is 3. The molecular weight excluding hydrogens is 433 g/mol. The van der Waals surface area contributed by atoms with Crippen LogP contribution in [0.5, 0.6) is 0 Å². The molecule has 1 amide bonds. The van der Waals surface area contributed by atoms with Crippen molar-refractivity contribution in [2.45, 2.75) is 12.6 Å². The summed E-state index contributed by atoms with van der Waals surface area (Å²) < 4.78 is 38.4. The zero-order chi connectivity index (χ0) is 23.6. The molecule has 3 heterocycles. The normalized spacial score (nSPS) is 15.3. The van der Waals surface area contributed by atoms with Crippen molar-refractivity contribution in [3.63, 3.8) is 0 Å². The van der Waals surface area contributed by atoms with Gasteiger partial charge in [0.15, 0.2) is 0 Å². The highest BCUT2D eigenvalue weighted by atomic mass is 19.4. The summed E-state index contributed by atoms with van der Waals surface area (Å²) in [5.41, 5.74) is 7.25. The topological polar surface area (TPSA) is 88.2 Å². The number of hydrogen-bond donors (Lipinski definition) is 1. The Morgan fingerprint density at radius 3 is 2.33 bits per heavy atom. The second-order valence-electron chi connectivity index (χ2n) is 7.95. The van der Waals surface area contributed by atoms with Crippen molar-refractivity contribution < 1.29 is 18.0 Å². The number of hydrogen-bond acceptors (Lipinski definition) is 6. The first kappa shape index (κ1) is 22.7. The van der Waals surface area contributed by atoms with Crippen molar-refractivity contribution in [2.24, 2.45) is 0 Å². The summed E-state index contributed by atoms with van der Waals surface area (Å²) in [6.07, 6.45) is -1.03. The van der Waals surface area contributed by atoms with Gasteiger partial charge in [-0.25, -0.2) is 9.97 Å². The van der Waals surface area contributed by atoms with Crippen LogP contribution in [0.1, 0.15) is 22.5 Å². The maximum atomic E-state index is 12.9. The van der Waals surface area contributed by atoms with Gasteiger partial charge in [-0.2, -0.15) is 13.2 Å². The molecule has 4 rings (SSSR count). The third kappa shape index (κ3) is 5.11. The summed E-state index contributed by atoms with van der Waals surface area (Å²) in [6, 6.07) is 9.16. The van der Waals surface area contributed by atoms with Crippen LogP contribution in [-0.2, 0) is 6.18 Å². The van der Waals surface area contributed by atoms with Crippen LogP contribution in [0.25, 0.3) is 22.5 Å². The maximum absolute atomic E-state index is 12.9. The fourth-order valence-electron chi connectivity index (χ4n) is 3.67. The molecule has 3 aromatic rings. The molecule has 10 heteroatoms. The quantitative estimate of drug-likeness (QED) is 0.648. The van der Waals surface area contributed by atoms with E-state index < -0.39 is 11.9 Å². The Balaban J connectivity index is 1.55. The molecule has 0 atom stereocenters. The SMILES string of the molecule is CN1CCCN(C(=O)c2ccc(-c3cnc(N)c(-c4ccc(C(F)(F)F)nc4)n3)cc2)CC1. The lowest BCUT2D eigenvalue weighted by atomic mass is 10.1. The molecule has 0 spiro atoms. The molecule has 0 saturated carbocycles. The predicted octanol–water partition coefficient (Wildman–Crippen LogP) is 3.58. The second kappa shape index (κ2) is 9.14. The monoisotopic (exact) mass is 456 g/mol. The molecule has 1 aliphatic rings. The Morgan fingerprint density at radius 1 is 0.939 bits per heavy atom. The average Bonchev–Trinajstić information content (AvgIpc) is 3.03. The number of nitrogens with zero attached hydrogens (tertiary/aromatic N) is 5. The summed E-state index contributed by atoms with van der Waals surface area (Å²) in [5.74, 6) is 0.0648. The van der Waals surface area contributed by atoms with Crippen molar-refractivity contribution in [3.8, 4) is 22.5 Å². The summed E-state index contributed by atoms with van der Waals surface area (Å²) >= 11 is 0. The van der Waals surface area contributed by atoms with Gasteiger partial charge < -0.3 is 15.5 Å². The first-order chi connectivity index (χ1) is 15.7. The van der Waals surface area contributed by atoms with Crippen molar-refractivity contribution in [2.75, 3.05) is 39.0 Å². The van der Waals surface area contributed by atoms with Gasteiger partial charge in [-0.3, -0.25) is 9.78 Å². The molecule has 7 nitrogen and oxygen atoms in total. The van der Waals surface area contributed by atoms with Crippen LogP contribution in [0.4, 0.5) is 19.0 Å². The van der Waals surface area contributed by atoms with Gasteiger partial charge >= 0.3 is 6.18 Å². The molecule has 0 unspecified atom stereocenters. The van der Waals surface area contributed by atoms with Crippen LogP contribution in [0, 0.1) is 0 Å². The van der Waals surface area contributed by atoms with Crippen molar-refractivity contribution in [1.29, 1.82) is 0 Å². The van der Waals surface area contributed by atoms with Gasteiger partial charge in [-0.1, -0.05) is 12.1 Å². The van der Waals surface area contributed by atoms with Gasteiger partial charge in [0.2, 0.25) is 0 Å². The minimum Gasteiger partial charge on any atom is -0.382 e. The zero-order valence-corrected chi connectivity index (χ0v) is 18.0. The smallest absolute Gasteiger partial charge is 0.382 e. The van der Waals surface area contributed by atoms with Crippen LogP contribution < -0.4 is 5.73 Å². The third-order valence-electron chi connectivity index (χ3n) is 5.56. The highest BCUT2D eigenvalue weighted by Gasteiger charge is 2.32. The summed E-state index contributed by atoms with van der Waals surface area (Å²) in [6.45, 7) is 3.21. The number of rotatable bonds is 3. The molecule has 0 aliphatic carbocycles. The van der Waals surface area contributed by atoms with E-state index in [2.05, 4.69) is 19.9 Å². The minimum atomic E-state index is -4.53. The molecule has 1 aromatic carbocycles. The summed E-state index contributed by atoms with van der Waals surface area (Å²) in [5, 5.41) is 0. The lowest BCUT2D eigenvalue weighted by molar-refractivity contribution is -0.141. The van der Waals surface area contributed by atoms with E-state index in [0.29, 0.717) is 28.9 Å². The Labute approximate surface area is 189 Å². The molecular formula is C23H23F3N6O. The number of nitrogen functional groups attached to an aromatic ring is 1. The first-order valence-electron chi connectivity index (χ1n) is 10.5. The Hall–Kier alpha value is -3.53. The first-order valence-corrected chi connectivity index (χ1v) is 10.5. The molecule has 1 fully saturated rings. The minimum absolute atomic E-state index is 0.0169. The van der Waals surface area contributed by atoms with Gasteiger partial charge in [-0.15, -0.1) is 0 Å². The van der Waals surface area contributed by atoms with E-state index in [9.17, 15) is 18.0 Å². The Kier molecular flexibility index (Phi) is 6.28. The summed E-state index contributed by atoms with van der Waals surface area (Å²) in [4.78, 5) is 29.0. The highest BCUT2D eigenvalue weighted by molar-refractivity contribution is 5.94. The molecule has 2 N–H and O–H groups in total. The van der Waals surface area contributed by atoms with E-state index >= 15 is 0 Å². The fraction of sp³-hybridized carbons (Fsp3) is 0.304. The van der Waals surface area contributed by atoms with Gasteiger partial charge in [0.25, 0.3) is 5.91 Å². The molecule has 0 bridgehead atoms. The van der Waals surface area contributed by atoms with Gasteiger partial charge in [0.1, 0.15) is 17.2 Å². The van der Waals surface area contributed by atoms with Crippen LogP contribution >= 0.6 is 0 Å². The van der Waals surface area contributed by atoms with E-state index in [1.54, 1.807) is 24.3 Å². The number of benzene rings is 1. The van der Waals surface area contributed by atoms with E-state index in [0.717, 1.165) is 38.3 Å². The largest absolute Gasteiger partial charge is 0.433 e. The third-order valence-corrected chi connectivity index (χ3v) is 5.56. The zero-order valence-electron chi connectivity index (χ0n) is 18.0. The molecule has 33 heavy (non-hydrogen) atoms. The van der Waals surface area contributed by atoms with Crippen molar-refractivity contribution in [1.82, 2.24) is 24.8 Å². The number of nitrogens with two attached hydrogens (primary N) is 1. The number of halogens is 3. The van der Waals surface area contributed by atoms with E-state index in [-0.39, 0.29) is 17.4 Å². The lowest BCUT2D eigenvalue weighted by Crippen LogP contribution is -2.34. The molecule has 2 aromatic heterocycles. The van der Waals surface area contributed by atoms with Crippen LogP contribution in [-0.4, -0.2) is 63.9 Å². The standard InChI is InChI=1S/C23H23F3N6O/c1-31-9-2-10-32(12-11-31)22(33)16-5-3-15(4-6-16)18-14-29-21(27)20(30-18)17-7-8-19(28-13-17)23(24,25)26/h3-8,13-14H,2,9-12H2,1H3,(H2,27,29). The van der Waals surface area contributed by atoms with Crippen LogP contribution in [0.15, 0.2) is 48.8 Å². The van der Waals surface area contributed by atoms with E-state index in [1.165, 1.54) is 12.3 Å². The predicted molar refractivity (Wildman–Crippen MR) is 118 cm³/mol. The molecule has 0 radical (unpaired) electrons. The second-order valence-corrected chi connectivity index (χ2v) is 7.95. The van der Waals surface area contributed by atoms with Gasteiger partial charge in [-0.05, 0) is 44.3 Å². The Morgan fingerprint density at radius 2 is 1.67 bits per heavy atom. The number of carbonyl (C=O) groups is 1. The van der Waals surface area contributed by atoms with Gasteiger partial charge in [0, 0.05) is 42.5 Å². The number of carbonyl (C=O) groups excluding carboxylic acids is 1. The molecule has 172 valence electrons. The summed E-state index contributed by atoms with van der Waals surface area (Å²) in [7, 11) is 2.05. The number of pyridine rings is 1. The molecule has 1 aliphatic heterocycles. The van der Waals surface area contributed by atoms with Crippen LogP contribution in [0.3, 0.4) is 0 Å². The molecule has 1 saturated heterocycles. The Bertz CT molecular complexity index is 1130. The van der Waals surface area contributed by atoms with Gasteiger partial charge in [0.05, 0.1) is 11.9 Å². The number of aromatic nitrogens is 3. The highest BCUT2D eigenvalue weighted by Crippen LogP contribution is 2.30. The number of likely N-dealkylation sites (N-methyl/N-ethyl adjacent to an activating group) is 1.